The number of anilines is 2. The normalized spacial score (nSPS) is 22.0. The van der Waals surface area contributed by atoms with Gasteiger partial charge in [-0.05, 0) is 55.1 Å². The zero-order valence-electron chi connectivity index (χ0n) is 16.9. The first kappa shape index (κ1) is 19.4. The van der Waals surface area contributed by atoms with Crippen molar-refractivity contribution in [3.05, 3.63) is 53.7 Å². The van der Waals surface area contributed by atoms with E-state index in [-0.39, 0.29) is 18.0 Å². The minimum atomic E-state index is -0.301. The van der Waals surface area contributed by atoms with Crippen LogP contribution in [0.2, 0.25) is 0 Å². The van der Waals surface area contributed by atoms with Crippen molar-refractivity contribution < 1.29 is 9.59 Å². The van der Waals surface area contributed by atoms with E-state index in [1.165, 1.54) is 6.42 Å². The van der Waals surface area contributed by atoms with Gasteiger partial charge < -0.3 is 15.5 Å². The molecule has 0 saturated carbocycles. The highest BCUT2D eigenvalue weighted by Crippen LogP contribution is 2.30. The molecule has 0 radical (unpaired) electrons. The van der Waals surface area contributed by atoms with Gasteiger partial charge in [0.2, 0.25) is 5.91 Å². The van der Waals surface area contributed by atoms with E-state index in [2.05, 4.69) is 27.4 Å². The molecule has 2 aromatic rings. The summed E-state index contributed by atoms with van der Waals surface area (Å²) in [4.78, 5) is 33.3. The van der Waals surface area contributed by atoms with Gasteiger partial charge in [-0.2, -0.15) is 0 Å². The molecular formula is C22H27N5O2. The quantitative estimate of drug-likeness (QED) is 0.835. The van der Waals surface area contributed by atoms with E-state index in [4.69, 9.17) is 0 Å². The van der Waals surface area contributed by atoms with Gasteiger partial charge in [-0.25, -0.2) is 4.98 Å². The Morgan fingerprint density at radius 2 is 2.07 bits per heavy atom. The van der Waals surface area contributed by atoms with Crippen LogP contribution < -0.4 is 15.5 Å². The number of carbonyl (C=O) groups is 2. The Morgan fingerprint density at radius 1 is 1.28 bits per heavy atom. The van der Waals surface area contributed by atoms with Crippen LogP contribution in [0.4, 0.5) is 11.5 Å². The largest absolute Gasteiger partial charge is 0.335 e. The SMILES string of the molecule is CC1CCCN(CC(=O)Nc2ccc(C3NC(=O)c4cccnc4N3C)cc2)C1. The van der Waals surface area contributed by atoms with Crippen molar-refractivity contribution in [1.29, 1.82) is 0 Å². The average Bonchev–Trinajstić information content (AvgIpc) is 2.71. The van der Waals surface area contributed by atoms with E-state index in [9.17, 15) is 9.59 Å². The number of hydrogen-bond donors (Lipinski definition) is 2. The summed E-state index contributed by atoms with van der Waals surface area (Å²) in [7, 11) is 1.91. The Hall–Kier alpha value is -2.93. The number of aromatic nitrogens is 1. The minimum Gasteiger partial charge on any atom is -0.335 e. The van der Waals surface area contributed by atoms with Crippen molar-refractivity contribution in [1.82, 2.24) is 15.2 Å². The first-order valence-corrected chi connectivity index (χ1v) is 10.1. The summed E-state index contributed by atoms with van der Waals surface area (Å²) in [5.74, 6) is 1.19. The van der Waals surface area contributed by atoms with Crippen LogP contribution in [0.3, 0.4) is 0 Å². The maximum absolute atomic E-state index is 12.4. The van der Waals surface area contributed by atoms with Gasteiger partial charge in [0.25, 0.3) is 5.91 Å². The molecule has 7 nitrogen and oxygen atoms in total. The summed E-state index contributed by atoms with van der Waals surface area (Å²) in [6, 6.07) is 11.1. The van der Waals surface area contributed by atoms with Gasteiger partial charge in [-0.3, -0.25) is 14.5 Å². The van der Waals surface area contributed by atoms with Crippen molar-refractivity contribution in [2.24, 2.45) is 5.92 Å². The molecular weight excluding hydrogens is 366 g/mol. The summed E-state index contributed by atoms with van der Waals surface area (Å²) < 4.78 is 0. The van der Waals surface area contributed by atoms with Crippen LogP contribution in [-0.4, -0.2) is 48.4 Å². The van der Waals surface area contributed by atoms with Crippen molar-refractivity contribution in [3.63, 3.8) is 0 Å². The lowest BCUT2D eigenvalue weighted by Gasteiger charge is -2.35. The number of amides is 2. The number of hydrogen-bond acceptors (Lipinski definition) is 5. The van der Waals surface area contributed by atoms with E-state index in [0.29, 0.717) is 23.8 Å². The number of rotatable bonds is 4. The van der Waals surface area contributed by atoms with Gasteiger partial charge in [0.15, 0.2) is 0 Å². The Kier molecular flexibility index (Phi) is 5.49. The van der Waals surface area contributed by atoms with Gasteiger partial charge in [0.1, 0.15) is 12.0 Å². The van der Waals surface area contributed by atoms with Crippen LogP contribution in [0.1, 0.15) is 41.9 Å². The molecule has 1 aromatic heterocycles. The van der Waals surface area contributed by atoms with Gasteiger partial charge in [0.05, 0.1) is 12.1 Å². The topological polar surface area (TPSA) is 77.6 Å². The summed E-state index contributed by atoms with van der Waals surface area (Å²) in [5.41, 5.74) is 2.26. The molecule has 2 amide bonds. The average molecular weight is 393 g/mol. The molecule has 0 spiro atoms. The third-order valence-electron chi connectivity index (χ3n) is 5.64. The molecule has 2 atom stereocenters. The van der Waals surface area contributed by atoms with Crippen molar-refractivity contribution in [3.8, 4) is 0 Å². The van der Waals surface area contributed by atoms with Crippen LogP contribution in [0, 0.1) is 5.92 Å². The molecule has 3 heterocycles. The van der Waals surface area contributed by atoms with Gasteiger partial charge in [-0.15, -0.1) is 0 Å². The third-order valence-corrected chi connectivity index (χ3v) is 5.64. The molecule has 7 heteroatoms. The highest BCUT2D eigenvalue weighted by atomic mass is 16.2. The first-order chi connectivity index (χ1) is 14.0. The fraction of sp³-hybridized carbons (Fsp3) is 0.409. The molecule has 2 aliphatic rings. The molecule has 0 aliphatic carbocycles. The smallest absolute Gasteiger partial charge is 0.256 e. The van der Waals surface area contributed by atoms with Gasteiger partial charge in [-0.1, -0.05) is 19.1 Å². The number of carbonyl (C=O) groups excluding carboxylic acids is 2. The zero-order valence-corrected chi connectivity index (χ0v) is 16.9. The molecule has 2 unspecified atom stereocenters. The van der Waals surface area contributed by atoms with Gasteiger partial charge >= 0.3 is 0 Å². The summed E-state index contributed by atoms with van der Waals surface area (Å²) >= 11 is 0. The Balaban J connectivity index is 1.40. The summed E-state index contributed by atoms with van der Waals surface area (Å²) in [5, 5.41) is 5.99. The van der Waals surface area contributed by atoms with Crippen LogP contribution in [0.25, 0.3) is 0 Å². The van der Waals surface area contributed by atoms with Crippen LogP contribution in [0.5, 0.6) is 0 Å². The highest BCUT2D eigenvalue weighted by molar-refractivity contribution is 6.01. The molecule has 0 bridgehead atoms. The molecule has 1 aromatic carbocycles. The fourth-order valence-electron chi connectivity index (χ4n) is 4.17. The molecule has 4 rings (SSSR count). The first-order valence-electron chi connectivity index (χ1n) is 10.1. The Labute approximate surface area is 171 Å². The Morgan fingerprint density at radius 3 is 2.83 bits per heavy atom. The van der Waals surface area contributed by atoms with Crippen molar-refractivity contribution in [2.75, 3.05) is 36.9 Å². The number of benzene rings is 1. The van der Waals surface area contributed by atoms with Crippen LogP contribution >= 0.6 is 0 Å². The van der Waals surface area contributed by atoms with Crippen LogP contribution in [0.15, 0.2) is 42.6 Å². The van der Waals surface area contributed by atoms with E-state index >= 15 is 0 Å². The molecule has 2 N–H and O–H groups in total. The molecule has 1 fully saturated rings. The van der Waals surface area contributed by atoms with E-state index in [1.807, 2.05) is 36.2 Å². The number of likely N-dealkylation sites (tertiary alicyclic amines) is 1. The zero-order chi connectivity index (χ0) is 20.4. The number of piperidine rings is 1. The second-order valence-electron chi connectivity index (χ2n) is 8.01. The lowest BCUT2D eigenvalue weighted by atomic mass is 10.0. The predicted octanol–water partition coefficient (Wildman–Crippen LogP) is 2.63. The lowest BCUT2D eigenvalue weighted by Crippen LogP contribution is -2.45. The van der Waals surface area contributed by atoms with E-state index < -0.39 is 0 Å². The van der Waals surface area contributed by atoms with Gasteiger partial charge in [0, 0.05) is 25.5 Å². The van der Waals surface area contributed by atoms with Crippen LogP contribution in [-0.2, 0) is 4.79 Å². The Bertz CT molecular complexity index is 898. The highest BCUT2D eigenvalue weighted by Gasteiger charge is 2.30. The van der Waals surface area contributed by atoms with Crippen molar-refractivity contribution >= 4 is 23.3 Å². The summed E-state index contributed by atoms with van der Waals surface area (Å²) in [6.45, 7) is 4.63. The number of nitrogens with one attached hydrogen (secondary N) is 2. The standard InChI is InChI=1S/C22H27N5O2/c1-15-5-4-12-27(13-15)14-19(28)24-17-9-7-16(8-10-17)20-25-22(29)18-6-3-11-23-21(18)26(20)2/h3,6-11,15,20H,4-5,12-14H2,1-2H3,(H,24,28)(H,25,29). The predicted molar refractivity (Wildman–Crippen MR) is 113 cm³/mol. The second kappa shape index (κ2) is 8.21. The van der Waals surface area contributed by atoms with E-state index in [1.54, 1.807) is 18.3 Å². The monoisotopic (exact) mass is 393 g/mol. The maximum atomic E-state index is 12.4. The van der Waals surface area contributed by atoms with E-state index in [0.717, 1.165) is 30.8 Å². The second-order valence-corrected chi connectivity index (χ2v) is 8.01. The minimum absolute atomic E-state index is 0.00747. The lowest BCUT2D eigenvalue weighted by molar-refractivity contribution is -0.117. The number of pyridine rings is 1. The van der Waals surface area contributed by atoms with Crippen molar-refractivity contribution in [2.45, 2.75) is 25.9 Å². The maximum Gasteiger partial charge on any atom is 0.256 e. The molecule has 1 saturated heterocycles. The number of fused-ring (bicyclic) bond motifs is 1. The number of nitrogens with zero attached hydrogens (tertiary/aromatic N) is 3. The molecule has 152 valence electrons. The fourth-order valence-corrected chi connectivity index (χ4v) is 4.17. The third kappa shape index (κ3) is 4.24. The molecule has 29 heavy (non-hydrogen) atoms. The molecule has 2 aliphatic heterocycles. The summed E-state index contributed by atoms with van der Waals surface area (Å²) in [6.07, 6.45) is 3.78.